The van der Waals surface area contributed by atoms with Gasteiger partial charge in [0.05, 0.1) is 17.4 Å². The fourth-order valence-electron chi connectivity index (χ4n) is 1.65. The molecule has 5 nitrogen and oxygen atoms in total. The van der Waals surface area contributed by atoms with Crippen molar-refractivity contribution in [3.63, 3.8) is 0 Å². The van der Waals surface area contributed by atoms with Gasteiger partial charge < -0.3 is 9.84 Å². The summed E-state index contributed by atoms with van der Waals surface area (Å²) in [5.41, 5.74) is -0.276. The maximum atomic E-state index is 11.5. The van der Waals surface area contributed by atoms with Gasteiger partial charge in [0, 0.05) is 6.26 Å². The lowest BCUT2D eigenvalue weighted by molar-refractivity contribution is -0.146. The number of sulfone groups is 1. The van der Waals surface area contributed by atoms with Gasteiger partial charge in [-0.3, -0.25) is 4.79 Å². The Labute approximate surface area is 113 Å². The Morgan fingerprint density at radius 1 is 1.37 bits per heavy atom. The first-order chi connectivity index (χ1) is 8.58. The Balaban J connectivity index is 3.21. The number of aliphatic carboxylic acids is 1. The summed E-state index contributed by atoms with van der Waals surface area (Å²) >= 11 is 0. The summed E-state index contributed by atoms with van der Waals surface area (Å²) in [6.07, 6.45) is 1.37. The highest BCUT2D eigenvalue weighted by Gasteiger charge is 2.28. The molecule has 0 radical (unpaired) electrons. The van der Waals surface area contributed by atoms with Crippen molar-refractivity contribution in [2.45, 2.75) is 25.2 Å². The number of hydrogen-bond donors (Lipinski definition) is 1. The Morgan fingerprint density at radius 2 is 1.95 bits per heavy atom. The number of carboxylic acids is 1. The predicted octanol–water partition coefficient (Wildman–Crippen LogP) is 1.75. The van der Waals surface area contributed by atoms with Crippen LogP contribution >= 0.6 is 0 Å². The first-order valence-electron chi connectivity index (χ1n) is 5.68. The zero-order chi connectivity index (χ0) is 14.8. The van der Waals surface area contributed by atoms with Gasteiger partial charge in [-0.05, 0) is 38.0 Å². The molecule has 1 rings (SSSR count). The number of methoxy groups -OCH3 is 1. The average molecular weight is 286 g/mol. The second-order valence-electron chi connectivity index (χ2n) is 5.11. The molecule has 6 heteroatoms. The second kappa shape index (κ2) is 5.21. The van der Waals surface area contributed by atoms with Crippen molar-refractivity contribution in [2.24, 2.45) is 5.41 Å². The minimum absolute atomic E-state index is 0.154. The summed E-state index contributed by atoms with van der Waals surface area (Å²) in [5.74, 6) is -0.529. The number of carboxylic acid groups (broad SMARTS) is 1. The Kier molecular flexibility index (Phi) is 4.25. The van der Waals surface area contributed by atoms with Crippen LogP contribution in [0, 0.1) is 5.41 Å². The molecule has 1 aromatic rings. The van der Waals surface area contributed by atoms with Crippen molar-refractivity contribution in [3.8, 4) is 5.75 Å². The molecule has 0 spiro atoms. The lowest BCUT2D eigenvalue weighted by Crippen LogP contribution is -2.26. The van der Waals surface area contributed by atoms with Gasteiger partial charge in [0.1, 0.15) is 5.75 Å². The first-order valence-corrected chi connectivity index (χ1v) is 7.57. The molecule has 0 unspecified atom stereocenters. The molecule has 0 aliphatic carbocycles. The van der Waals surface area contributed by atoms with Crippen LogP contribution in [0.1, 0.15) is 19.4 Å². The first kappa shape index (κ1) is 15.5. The number of carbonyl (C=O) groups is 1. The maximum absolute atomic E-state index is 11.5. The van der Waals surface area contributed by atoms with Crippen LogP contribution in [0.2, 0.25) is 0 Å². The molecule has 19 heavy (non-hydrogen) atoms. The van der Waals surface area contributed by atoms with Gasteiger partial charge >= 0.3 is 5.97 Å². The molecular formula is C13H18O5S. The van der Waals surface area contributed by atoms with Crippen molar-refractivity contribution >= 4 is 15.8 Å². The van der Waals surface area contributed by atoms with Crippen LogP contribution in [0.5, 0.6) is 5.75 Å². The normalized spacial score (nSPS) is 12.2. The molecule has 106 valence electrons. The Morgan fingerprint density at radius 3 is 2.37 bits per heavy atom. The molecular weight excluding hydrogens is 268 g/mol. The van der Waals surface area contributed by atoms with Gasteiger partial charge in [0.25, 0.3) is 0 Å². The second-order valence-corrected chi connectivity index (χ2v) is 7.13. The van der Waals surface area contributed by atoms with Crippen molar-refractivity contribution in [1.82, 2.24) is 0 Å². The zero-order valence-corrected chi connectivity index (χ0v) is 12.2. The Bertz CT molecular complexity index is 587. The Hall–Kier alpha value is -1.56. The highest BCUT2D eigenvalue weighted by molar-refractivity contribution is 7.90. The average Bonchev–Trinajstić information content (AvgIpc) is 2.27. The van der Waals surface area contributed by atoms with Gasteiger partial charge in [0.2, 0.25) is 0 Å². The van der Waals surface area contributed by atoms with Gasteiger partial charge in [-0.1, -0.05) is 6.07 Å². The third kappa shape index (κ3) is 3.70. The van der Waals surface area contributed by atoms with Crippen LogP contribution in [0.15, 0.2) is 23.1 Å². The lowest BCUT2D eigenvalue weighted by Gasteiger charge is -2.20. The molecule has 0 bridgehead atoms. The van der Waals surface area contributed by atoms with Crippen LogP contribution in [-0.4, -0.2) is 32.9 Å². The summed E-state index contributed by atoms with van der Waals surface area (Å²) in [6.45, 7) is 3.22. The zero-order valence-electron chi connectivity index (χ0n) is 11.4. The molecule has 1 aromatic carbocycles. The molecule has 1 N–H and O–H groups in total. The minimum atomic E-state index is -3.31. The smallest absolute Gasteiger partial charge is 0.309 e. The van der Waals surface area contributed by atoms with E-state index < -0.39 is 21.2 Å². The van der Waals surface area contributed by atoms with E-state index in [1.54, 1.807) is 19.9 Å². The molecule has 0 fully saturated rings. The molecule has 0 aliphatic rings. The number of benzene rings is 1. The van der Waals surface area contributed by atoms with E-state index in [4.69, 9.17) is 9.84 Å². The van der Waals surface area contributed by atoms with Crippen LogP contribution in [-0.2, 0) is 21.1 Å². The van der Waals surface area contributed by atoms with Gasteiger partial charge in [-0.15, -0.1) is 0 Å². The van der Waals surface area contributed by atoms with E-state index in [-0.39, 0.29) is 11.3 Å². The fraction of sp³-hybridized carbons (Fsp3) is 0.462. The number of rotatable bonds is 5. The van der Waals surface area contributed by atoms with E-state index >= 15 is 0 Å². The quantitative estimate of drug-likeness (QED) is 0.892. The van der Waals surface area contributed by atoms with Gasteiger partial charge in [-0.25, -0.2) is 8.42 Å². The molecule has 0 saturated heterocycles. The highest BCUT2D eigenvalue weighted by Crippen LogP contribution is 2.30. The van der Waals surface area contributed by atoms with Crippen molar-refractivity contribution in [2.75, 3.05) is 13.4 Å². The molecule has 0 aliphatic heterocycles. The molecule has 0 atom stereocenters. The molecule has 0 heterocycles. The van der Waals surface area contributed by atoms with E-state index in [0.717, 1.165) is 6.26 Å². The SMILES string of the molecule is COc1cc(S(C)(=O)=O)ccc1CC(C)(C)C(=O)O. The van der Waals surface area contributed by atoms with Crippen molar-refractivity contribution in [3.05, 3.63) is 23.8 Å². The van der Waals surface area contributed by atoms with Crippen LogP contribution in [0.25, 0.3) is 0 Å². The summed E-state index contributed by atoms with van der Waals surface area (Å²) in [6, 6.07) is 4.48. The summed E-state index contributed by atoms with van der Waals surface area (Å²) in [7, 11) is -1.88. The van der Waals surface area contributed by atoms with E-state index in [9.17, 15) is 13.2 Å². The highest BCUT2D eigenvalue weighted by atomic mass is 32.2. The lowest BCUT2D eigenvalue weighted by atomic mass is 9.85. The maximum Gasteiger partial charge on any atom is 0.309 e. The third-order valence-corrected chi connectivity index (χ3v) is 4.01. The molecule has 0 aromatic heterocycles. The monoisotopic (exact) mass is 286 g/mol. The van der Waals surface area contributed by atoms with E-state index in [2.05, 4.69) is 0 Å². The van der Waals surface area contributed by atoms with Gasteiger partial charge in [-0.2, -0.15) is 0 Å². The topological polar surface area (TPSA) is 80.7 Å². The molecule has 0 saturated carbocycles. The largest absolute Gasteiger partial charge is 0.496 e. The summed E-state index contributed by atoms with van der Waals surface area (Å²) in [5, 5.41) is 9.11. The summed E-state index contributed by atoms with van der Waals surface area (Å²) in [4.78, 5) is 11.3. The number of hydrogen-bond acceptors (Lipinski definition) is 4. The van der Waals surface area contributed by atoms with Crippen molar-refractivity contribution in [1.29, 1.82) is 0 Å². The van der Waals surface area contributed by atoms with Crippen molar-refractivity contribution < 1.29 is 23.1 Å². The minimum Gasteiger partial charge on any atom is -0.496 e. The third-order valence-electron chi connectivity index (χ3n) is 2.90. The van der Waals surface area contributed by atoms with E-state index in [0.29, 0.717) is 11.3 Å². The van der Waals surface area contributed by atoms with Gasteiger partial charge in [0.15, 0.2) is 9.84 Å². The van der Waals surface area contributed by atoms with Crippen LogP contribution < -0.4 is 4.74 Å². The number of ether oxygens (including phenoxy) is 1. The fourth-order valence-corrected chi connectivity index (χ4v) is 2.29. The summed E-state index contributed by atoms with van der Waals surface area (Å²) < 4.78 is 28.1. The van der Waals surface area contributed by atoms with Crippen LogP contribution in [0.4, 0.5) is 0 Å². The standard InChI is InChI=1S/C13H18O5S/c1-13(2,12(14)15)8-9-5-6-10(19(4,16)17)7-11(9)18-3/h5-7H,8H2,1-4H3,(H,14,15). The molecule has 0 amide bonds. The van der Waals surface area contributed by atoms with E-state index in [1.807, 2.05) is 0 Å². The van der Waals surface area contributed by atoms with Crippen LogP contribution in [0.3, 0.4) is 0 Å². The predicted molar refractivity (Wildman–Crippen MR) is 71.2 cm³/mol. The van der Waals surface area contributed by atoms with E-state index in [1.165, 1.54) is 19.2 Å².